The summed E-state index contributed by atoms with van der Waals surface area (Å²) in [5.41, 5.74) is 0.526. The van der Waals surface area contributed by atoms with E-state index in [-0.39, 0.29) is 5.69 Å². The molecule has 8 heteroatoms. The van der Waals surface area contributed by atoms with E-state index in [1.165, 1.54) is 26.4 Å². The van der Waals surface area contributed by atoms with Crippen LogP contribution in [0.1, 0.15) is 5.56 Å². The van der Waals surface area contributed by atoms with Gasteiger partial charge >= 0.3 is 6.80 Å². The smallest absolute Gasteiger partial charge is 0.304 e. The highest BCUT2D eigenvalue weighted by Gasteiger charge is 2.24. The summed E-state index contributed by atoms with van der Waals surface area (Å²) in [6, 6.07) is 4.46. The Morgan fingerprint density at radius 3 is 2.35 bits per heavy atom. The Hall–Kier alpha value is -0.880. The van der Waals surface area contributed by atoms with Crippen LogP contribution in [0.3, 0.4) is 0 Å². The van der Waals surface area contributed by atoms with Gasteiger partial charge in [0.1, 0.15) is 0 Å². The van der Waals surface area contributed by atoms with Gasteiger partial charge in [-0.2, -0.15) is 0 Å². The van der Waals surface area contributed by atoms with Crippen molar-refractivity contribution in [2.75, 3.05) is 14.2 Å². The summed E-state index contributed by atoms with van der Waals surface area (Å²) in [6.07, 6.45) is 0. The van der Waals surface area contributed by atoms with Gasteiger partial charge < -0.3 is 9.05 Å². The van der Waals surface area contributed by atoms with Crippen molar-refractivity contribution in [3.63, 3.8) is 0 Å². The SMILES string of the molecule is COP(=O)(OC)Sc1ccc([N+](=O)[O-])c(C)c1. The second-order valence-electron chi connectivity index (χ2n) is 3.11. The van der Waals surface area contributed by atoms with Crippen molar-refractivity contribution in [3.8, 4) is 0 Å². The lowest BCUT2D eigenvalue weighted by Crippen LogP contribution is -1.91. The van der Waals surface area contributed by atoms with Gasteiger partial charge in [0.15, 0.2) is 0 Å². The Bertz CT molecular complexity index is 470. The second-order valence-corrected chi connectivity index (χ2v) is 7.28. The van der Waals surface area contributed by atoms with Gasteiger partial charge in [-0.25, -0.2) is 4.57 Å². The Kier molecular flexibility index (Phi) is 4.70. The first kappa shape index (κ1) is 14.2. The summed E-state index contributed by atoms with van der Waals surface area (Å²) in [4.78, 5) is 10.8. The van der Waals surface area contributed by atoms with Crippen molar-refractivity contribution in [3.05, 3.63) is 33.9 Å². The molecule has 0 atom stereocenters. The first-order chi connectivity index (χ1) is 7.91. The Balaban J connectivity index is 2.99. The summed E-state index contributed by atoms with van der Waals surface area (Å²) in [5.74, 6) is 0. The number of nitro groups is 1. The summed E-state index contributed by atoms with van der Waals surface area (Å²) in [7, 11) is 2.57. The molecular weight excluding hydrogens is 265 g/mol. The van der Waals surface area contributed by atoms with E-state index in [0.29, 0.717) is 10.5 Å². The number of hydrogen-bond donors (Lipinski definition) is 0. The molecule has 0 aromatic heterocycles. The van der Waals surface area contributed by atoms with Crippen molar-refractivity contribution in [2.45, 2.75) is 11.8 Å². The first-order valence-corrected chi connectivity index (χ1v) is 7.54. The molecule has 1 aromatic carbocycles. The quantitative estimate of drug-likeness (QED) is 0.466. The third kappa shape index (κ3) is 3.54. The van der Waals surface area contributed by atoms with Crippen molar-refractivity contribution in [1.82, 2.24) is 0 Å². The number of aryl methyl sites for hydroxylation is 1. The van der Waals surface area contributed by atoms with Crippen LogP contribution in [0, 0.1) is 17.0 Å². The van der Waals surface area contributed by atoms with Crippen LogP contribution in [0.5, 0.6) is 0 Å². The molecule has 0 heterocycles. The van der Waals surface area contributed by atoms with Crippen LogP contribution in [-0.2, 0) is 13.6 Å². The Morgan fingerprint density at radius 1 is 1.35 bits per heavy atom. The molecule has 0 spiro atoms. The van der Waals surface area contributed by atoms with Crippen LogP contribution in [0.4, 0.5) is 5.69 Å². The van der Waals surface area contributed by atoms with Gasteiger partial charge in [-0.3, -0.25) is 10.1 Å². The number of rotatable bonds is 5. The fraction of sp³-hybridized carbons (Fsp3) is 0.333. The van der Waals surface area contributed by atoms with E-state index >= 15 is 0 Å². The highest BCUT2D eigenvalue weighted by atomic mass is 32.7. The molecule has 1 rings (SSSR count). The van der Waals surface area contributed by atoms with Crippen LogP contribution in [0.15, 0.2) is 23.1 Å². The average molecular weight is 277 g/mol. The van der Waals surface area contributed by atoms with Crippen molar-refractivity contribution in [1.29, 1.82) is 0 Å². The van der Waals surface area contributed by atoms with E-state index in [4.69, 9.17) is 9.05 Å². The van der Waals surface area contributed by atoms with Crippen molar-refractivity contribution >= 4 is 23.9 Å². The maximum absolute atomic E-state index is 11.8. The second kappa shape index (κ2) is 5.64. The molecule has 0 amide bonds. The van der Waals surface area contributed by atoms with Gasteiger partial charge in [0, 0.05) is 30.7 Å². The minimum absolute atomic E-state index is 0.0269. The minimum Gasteiger partial charge on any atom is -0.304 e. The molecule has 1 aromatic rings. The lowest BCUT2D eigenvalue weighted by Gasteiger charge is -2.12. The molecule has 0 bridgehead atoms. The molecule has 0 saturated heterocycles. The zero-order valence-electron chi connectivity index (χ0n) is 9.58. The fourth-order valence-corrected chi connectivity index (χ4v) is 3.64. The van der Waals surface area contributed by atoms with E-state index in [1.54, 1.807) is 13.0 Å². The van der Waals surface area contributed by atoms with Crippen LogP contribution in [0.2, 0.25) is 0 Å². The average Bonchev–Trinajstić information content (AvgIpc) is 2.28. The van der Waals surface area contributed by atoms with Gasteiger partial charge in [-0.15, -0.1) is 0 Å². The Morgan fingerprint density at radius 2 is 1.94 bits per heavy atom. The highest BCUT2D eigenvalue weighted by Crippen LogP contribution is 2.62. The number of benzene rings is 1. The third-order valence-corrected chi connectivity index (χ3v) is 5.81. The van der Waals surface area contributed by atoms with Crippen molar-refractivity contribution in [2.24, 2.45) is 0 Å². The van der Waals surface area contributed by atoms with E-state index in [0.717, 1.165) is 11.4 Å². The number of nitro benzene ring substituents is 1. The highest BCUT2D eigenvalue weighted by molar-refractivity contribution is 8.55. The topological polar surface area (TPSA) is 78.7 Å². The molecule has 17 heavy (non-hydrogen) atoms. The molecule has 0 aliphatic rings. The molecule has 0 radical (unpaired) electrons. The monoisotopic (exact) mass is 277 g/mol. The molecule has 0 N–H and O–H groups in total. The van der Waals surface area contributed by atoms with Crippen LogP contribution in [-0.4, -0.2) is 19.1 Å². The normalized spacial score (nSPS) is 11.5. The standard InChI is InChI=1S/C9H12NO5PS/c1-7-6-8(4-5-9(7)10(11)12)17-16(13,14-2)15-3/h4-6H,1-3H3. The molecular formula is C9H12NO5PS. The van der Waals surface area contributed by atoms with E-state index in [2.05, 4.69) is 0 Å². The van der Waals surface area contributed by atoms with E-state index < -0.39 is 11.7 Å². The minimum atomic E-state index is -3.21. The Labute approximate surface area is 103 Å². The lowest BCUT2D eigenvalue weighted by molar-refractivity contribution is -0.385. The fourth-order valence-electron chi connectivity index (χ4n) is 1.17. The van der Waals surface area contributed by atoms with Gasteiger partial charge in [0.05, 0.1) is 4.92 Å². The summed E-state index contributed by atoms with van der Waals surface area (Å²) < 4.78 is 21.4. The summed E-state index contributed by atoms with van der Waals surface area (Å²) in [6.45, 7) is -1.60. The largest absolute Gasteiger partial charge is 0.393 e. The summed E-state index contributed by atoms with van der Waals surface area (Å²) in [5, 5.41) is 10.6. The zero-order valence-corrected chi connectivity index (χ0v) is 11.3. The number of nitrogens with zero attached hydrogens (tertiary/aromatic N) is 1. The maximum Gasteiger partial charge on any atom is 0.393 e. The zero-order chi connectivity index (χ0) is 13.1. The van der Waals surface area contributed by atoms with Gasteiger partial charge in [-0.1, -0.05) is 0 Å². The molecule has 0 unspecified atom stereocenters. The molecule has 0 aliphatic heterocycles. The maximum atomic E-state index is 11.8. The predicted octanol–water partition coefficient (Wildman–Crippen LogP) is 3.40. The molecule has 6 nitrogen and oxygen atoms in total. The molecule has 94 valence electrons. The van der Waals surface area contributed by atoms with Gasteiger partial charge in [0.25, 0.3) is 5.69 Å². The van der Waals surface area contributed by atoms with E-state index in [9.17, 15) is 14.7 Å². The van der Waals surface area contributed by atoms with Crippen LogP contribution >= 0.6 is 18.2 Å². The third-order valence-electron chi connectivity index (χ3n) is 2.03. The lowest BCUT2D eigenvalue weighted by atomic mass is 10.2. The number of hydrogen-bond acceptors (Lipinski definition) is 6. The molecule has 0 fully saturated rings. The molecule has 0 saturated carbocycles. The first-order valence-electron chi connectivity index (χ1n) is 4.58. The van der Waals surface area contributed by atoms with Crippen LogP contribution < -0.4 is 0 Å². The summed E-state index contributed by atoms with van der Waals surface area (Å²) >= 11 is 0.914. The molecule has 0 aliphatic carbocycles. The van der Waals surface area contributed by atoms with Crippen molar-refractivity contribution < 1.29 is 18.5 Å². The predicted molar refractivity (Wildman–Crippen MR) is 65.3 cm³/mol. The van der Waals surface area contributed by atoms with Gasteiger partial charge in [-0.05, 0) is 30.4 Å². The van der Waals surface area contributed by atoms with Gasteiger partial charge in [0.2, 0.25) is 0 Å². The van der Waals surface area contributed by atoms with Crippen LogP contribution in [0.25, 0.3) is 0 Å². The van der Waals surface area contributed by atoms with E-state index in [1.807, 2.05) is 0 Å².